The maximum atomic E-state index is 13.3. The third-order valence-corrected chi connectivity index (χ3v) is 6.21. The number of aromatic nitrogens is 1. The van der Waals surface area contributed by atoms with Gasteiger partial charge in [-0.15, -0.1) is 0 Å². The number of methoxy groups -OCH3 is 1. The second-order valence-electron chi connectivity index (χ2n) is 7.46. The highest BCUT2D eigenvalue weighted by Crippen LogP contribution is 2.32. The van der Waals surface area contributed by atoms with Crippen molar-refractivity contribution in [3.63, 3.8) is 0 Å². The lowest BCUT2D eigenvalue weighted by atomic mass is 10.1. The molecule has 168 valence electrons. The molecular weight excluding hydrogens is 450 g/mol. The number of hydrazone groups is 1. The number of carbonyl (C=O) groups is 1. The number of carbonyl (C=O) groups excluding carboxylic acids is 1. The van der Waals surface area contributed by atoms with Crippen LogP contribution in [0.4, 0.5) is 5.13 Å². The molecule has 3 aromatic carbocycles. The van der Waals surface area contributed by atoms with E-state index in [9.17, 15) is 9.59 Å². The van der Waals surface area contributed by atoms with Gasteiger partial charge in [-0.25, -0.2) is 4.98 Å². The second kappa shape index (κ2) is 9.29. The second-order valence-corrected chi connectivity index (χ2v) is 8.47. The zero-order chi connectivity index (χ0) is 23.5. The van der Waals surface area contributed by atoms with Gasteiger partial charge in [0, 0.05) is 0 Å². The van der Waals surface area contributed by atoms with Crippen molar-refractivity contribution in [2.45, 2.75) is 6.42 Å². The quantitative estimate of drug-likeness (QED) is 0.257. The van der Waals surface area contributed by atoms with Gasteiger partial charge in [0.15, 0.2) is 0 Å². The Morgan fingerprint density at radius 2 is 1.91 bits per heavy atom. The number of amides is 1. The summed E-state index contributed by atoms with van der Waals surface area (Å²) in [5.41, 5.74) is 2.07. The highest BCUT2D eigenvalue weighted by Gasteiger charge is 2.20. The fourth-order valence-electron chi connectivity index (χ4n) is 3.48. The molecule has 2 heterocycles. The maximum absolute atomic E-state index is 13.3. The number of nitrogens with zero attached hydrogens (tertiary/aromatic N) is 3. The maximum Gasteiger partial charge on any atom is 0.253 e. The summed E-state index contributed by atoms with van der Waals surface area (Å²) in [6.45, 7) is 0. The lowest BCUT2D eigenvalue weighted by Crippen LogP contribution is -2.27. The van der Waals surface area contributed by atoms with Gasteiger partial charge in [0.25, 0.3) is 5.91 Å². The molecule has 5 rings (SSSR count). The summed E-state index contributed by atoms with van der Waals surface area (Å²) >= 11 is 1.31. The molecular formula is C26H19N3O4S. The first kappa shape index (κ1) is 21.5. The lowest BCUT2D eigenvalue weighted by molar-refractivity contribution is -0.118. The minimum absolute atomic E-state index is 0.129. The Morgan fingerprint density at radius 1 is 1.12 bits per heavy atom. The fourth-order valence-corrected chi connectivity index (χ4v) is 4.45. The normalized spacial score (nSPS) is 11.3. The summed E-state index contributed by atoms with van der Waals surface area (Å²) in [7, 11) is 1.60. The van der Waals surface area contributed by atoms with Crippen LogP contribution in [-0.2, 0) is 11.2 Å². The fraction of sp³-hybridized carbons (Fsp3) is 0.0769. The minimum atomic E-state index is -0.279. The molecule has 1 amide bonds. The van der Waals surface area contributed by atoms with Crippen LogP contribution in [-0.4, -0.2) is 24.2 Å². The molecule has 7 nitrogen and oxygen atoms in total. The Hall–Kier alpha value is -4.30. The topological polar surface area (TPSA) is 85.0 Å². The van der Waals surface area contributed by atoms with Crippen molar-refractivity contribution in [2.24, 2.45) is 5.10 Å². The SMILES string of the molecule is COc1ccc2nc(N(/N=C/c3coc4ccccc4c3=O)C(=O)Cc3ccccc3)sc2c1. The van der Waals surface area contributed by atoms with Crippen molar-refractivity contribution in [3.8, 4) is 5.75 Å². The van der Waals surface area contributed by atoms with Crippen LogP contribution in [0.25, 0.3) is 21.2 Å². The average molecular weight is 470 g/mol. The van der Waals surface area contributed by atoms with E-state index in [1.807, 2.05) is 48.5 Å². The average Bonchev–Trinajstić information content (AvgIpc) is 3.29. The number of hydrogen-bond acceptors (Lipinski definition) is 7. The summed E-state index contributed by atoms with van der Waals surface area (Å²) in [5, 5.41) is 6.46. The Balaban J connectivity index is 1.54. The predicted octanol–water partition coefficient (Wildman–Crippen LogP) is 5.02. The third-order valence-electron chi connectivity index (χ3n) is 5.22. The molecule has 0 aliphatic rings. The van der Waals surface area contributed by atoms with E-state index in [4.69, 9.17) is 9.15 Å². The number of hydrogen-bond donors (Lipinski definition) is 0. The van der Waals surface area contributed by atoms with E-state index in [0.29, 0.717) is 21.9 Å². The van der Waals surface area contributed by atoms with Gasteiger partial charge in [-0.3, -0.25) is 9.59 Å². The van der Waals surface area contributed by atoms with Gasteiger partial charge in [0.05, 0.1) is 40.9 Å². The van der Waals surface area contributed by atoms with E-state index < -0.39 is 0 Å². The van der Waals surface area contributed by atoms with Gasteiger partial charge in [0.1, 0.15) is 17.6 Å². The first-order valence-corrected chi connectivity index (χ1v) is 11.3. The Kier molecular flexibility index (Phi) is 5.88. The summed E-state index contributed by atoms with van der Waals surface area (Å²) in [6, 6.07) is 21.9. The summed E-state index contributed by atoms with van der Waals surface area (Å²) in [5.74, 6) is 0.417. The van der Waals surface area contributed by atoms with Crippen LogP contribution in [0, 0.1) is 0 Å². The number of benzene rings is 3. The van der Waals surface area contributed by atoms with Crippen LogP contribution in [0.2, 0.25) is 0 Å². The monoisotopic (exact) mass is 469 g/mol. The highest BCUT2D eigenvalue weighted by atomic mass is 32.1. The van der Waals surface area contributed by atoms with E-state index in [1.54, 1.807) is 31.4 Å². The molecule has 0 atom stereocenters. The number of anilines is 1. The van der Waals surface area contributed by atoms with Gasteiger partial charge in [-0.2, -0.15) is 10.1 Å². The first-order valence-electron chi connectivity index (χ1n) is 10.5. The number of para-hydroxylation sites is 1. The first-order chi connectivity index (χ1) is 16.6. The van der Waals surface area contributed by atoms with Gasteiger partial charge < -0.3 is 9.15 Å². The van der Waals surface area contributed by atoms with E-state index in [0.717, 1.165) is 15.8 Å². The van der Waals surface area contributed by atoms with Crippen molar-refractivity contribution in [1.82, 2.24) is 4.98 Å². The molecule has 8 heteroatoms. The molecule has 0 spiro atoms. The van der Waals surface area contributed by atoms with E-state index in [-0.39, 0.29) is 23.3 Å². The number of thiazole rings is 1. The molecule has 5 aromatic rings. The molecule has 0 N–H and O–H groups in total. The summed E-state index contributed by atoms with van der Waals surface area (Å²) in [4.78, 5) is 30.7. The van der Waals surface area contributed by atoms with Crippen LogP contribution >= 0.6 is 11.3 Å². The van der Waals surface area contributed by atoms with Crippen LogP contribution < -0.4 is 15.2 Å². The minimum Gasteiger partial charge on any atom is -0.497 e. The Labute approximate surface area is 198 Å². The van der Waals surface area contributed by atoms with Gasteiger partial charge >= 0.3 is 0 Å². The van der Waals surface area contributed by atoms with Crippen molar-refractivity contribution in [3.05, 3.63) is 100 Å². The number of rotatable bonds is 6. The van der Waals surface area contributed by atoms with E-state index >= 15 is 0 Å². The van der Waals surface area contributed by atoms with Crippen molar-refractivity contribution >= 4 is 49.8 Å². The van der Waals surface area contributed by atoms with Crippen molar-refractivity contribution < 1.29 is 13.9 Å². The molecule has 0 saturated carbocycles. The van der Waals surface area contributed by atoms with Crippen LogP contribution in [0.15, 0.2) is 93.4 Å². The molecule has 0 aliphatic heterocycles. The van der Waals surface area contributed by atoms with Gasteiger partial charge in [-0.1, -0.05) is 53.8 Å². The van der Waals surface area contributed by atoms with Gasteiger partial charge in [-0.05, 0) is 35.9 Å². The highest BCUT2D eigenvalue weighted by molar-refractivity contribution is 7.22. The van der Waals surface area contributed by atoms with Crippen LogP contribution in [0.3, 0.4) is 0 Å². The van der Waals surface area contributed by atoms with Crippen LogP contribution in [0.5, 0.6) is 5.75 Å². The lowest BCUT2D eigenvalue weighted by Gasteiger charge is -2.13. The Morgan fingerprint density at radius 3 is 2.74 bits per heavy atom. The Bertz CT molecular complexity index is 1570. The smallest absolute Gasteiger partial charge is 0.253 e. The molecule has 0 bridgehead atoms. The molecule has 0 unspecified atom stereocenters. The molecule has 0 saturated heterocycles. The third kappa shape index (κ3) is 4.31. The van der Waals surface area contributed by atoms with E-state index in [1.165, 1.54) is 28.8 Å². The predicted molar refractivity (Wildman–Crippen MR) is 134 cm³/mol. The van der Waals surface area contributed by atoms with Crippen molar-refractivity contribution in [2.75, 3.05) is 12.1 Å². The number of ether oxygens (including phenoxy) is 1. The molecule has 2 aromatic heterocycles. The van der Waals surface area contributed by atoms with Crippen molar-refractivity contribution in [1.29, 1.82) is 0 Å². The molecule has 0 radical (unpaired) electrons. The largest absolute Gasteiger partial charge is 0.497 e. The number of fused-ring (bicyclic) bond motifs is 2. The molecule has 0 fully saturated rings. The zero-order valence-corrected chi connectivity index (χ0v) is 19.0. The summed E-state index contributed by atoms with van der Waals surface area (Å²) < 4.78 is 11.7. The summed E-state index contributed by atoms with van der Waals surface area (Å²) in [6.07, 6.45) is 2.81. The van der Waals surface area contributed by atoms with Crippen LogP contribution in [0.1, 0.15) is 11.1 Å². The van der Waals surface area contributed by atoms with Gasteiger partial charge in [0.2, 0.25) is 10.6 Å². The van der Waals surface area contributed by atoms with E-state index in [2.05, 4.69) is 10.1 Å². The molecule has 0 aliphatic carbocycles. The standard InChI is InChI=1S/C26H19N3O4S/c1-32-19-11-12-21-23(14-19)34-26(28-21)29(24(30)13-17-7-3-2-4-8-17)27-15-18-16-33-22-10-6-5-9-20(22)25(18)31/h2-12,14-16H,13H2,1H3/b27-15+. The molecule has 34 heavy (non-hydrogen) atoms. The zero-order valence-electron chi connectivity index (χ0n) is 18.2.